The Labute approximate surface area is 96.2 Å². The van der Waals surface area contributed by atoms with Gasteiger partial charge in [-0.25, -0.2) is 0 Å². The van der Waals surface area contributed by atoms with Gasteiger partial charge in [-0.3, -0.25) is 0 Å². The number of nitrogens with zero attached hydrogens (tertiary/aromatic N) is 1. The predicted molar refractivity (Wildman–Crippen MR) is 68.1 cm³/mol. The molecule has 0 unspecified atom stereocenters. The minimum absolute atomic E-state index is 0.993. The molecule has 0 radical (unpaired) electrons. The molecule has 0 saturated heterocycles. The summed E-state index contributed by atoms with van der Waals surface area (Å²) in [6.07, 6.45) is 8.51. The fourth-order valence-electron chi connectivity index (χ4n) is 2.80. The molecule has 1 saturated carbocycles. The Morgan fingerprint density at radius 1 is 0.933 bits per heavy atom. The molecule has 0 amide bonds. The highest BCUT2D eigenvalue weighted by atomic mass is 15.1. The van der Waals surface area contributed by atoms with E-state index in [0.29, 0.717) is 0 Å². The van der Waals surface area contributed by atoms with Gasteiger partial charge in [0.2, 0.25) is 0 Å². The Kier molecular flexibility index (Phi) is 6.31. The first-order chi connectivity index (χ1) is 7.26. The molecule has 0 atom stereocenters. The number of hydrogen-bond acceptors (Lipinski definition) is 1. The molecule has 0 aromatic carbocycles. The van der Waals surface area contributed by atoms with Crippen molar-refractivity contribution in [1.29, 1.82) is 0 Å². The van der Waals surface area contributed by atoms with E-state index >= 15 is 0 Å². The fraction of sp³-hybridized carbons (Fsp3) is 1.00. The summed E-state index contributed by atoms with van der Waals surface area (Å²) in [5.41, 5.74) is 0. The van der Waals surface area contributed by atoms with Gasteiger partial charge in [-0.2, -0.15) is 0 Å². The van der Waals surface area contributed by atoms with Gasteiger partial charge in [0.1, 0.15) is 0 Å². The summed E-state index contributed by atoms with van der Waals surface area (Å²) in [5.74, 6) is 1.99. The van der Waals surface area contributed by atoms with Crippen molar-refractivity contribution in [2.24, 2.45) is 11.8 Å². The van der Waals surface area contributed by atoms with Crippen molar-refractivity contribution in [3.8, 4) is 0 Å². The van der Waals surface area contributed by atoms with Crippen molar-refractivity contribution in [2.45, 2.75) is 59.3 Å². The number of hydrogen-bond donors (Lipinski definition) is 0. The average Bonchev–Trinajstić information content (AvgIpc) is 2.22. The highest BCUT2D eigenvalue weighted by molar-refractivity contribution is 4.73. The normalized spacial score (nSPS) is 27.2. The van der Waals surface area contributed by atoms with E-state index in [-0.39, 0.29) is 0 Å². The van der Waals surface area contributed by atoms with E-state index in [4.69, 9.17) is 0 Å². The van der Waals surface area contributed by atoms with Gasteiger partial charge in [0, 0.05) is 6.54 Å². The fourth-order valence-corrected chi connectivity index (χ4v) is 2.80. The monoisotopic (exact) mass is 211 g/mol. The zero-order chi connectivity index (χ0) is 11.1. The maximum atomic E-state index is 2.68. The standard InChI is InChI=1S/C14H29N/c1-4-10-15(11-5-2)12-14-8-6-13(3)7-9-14/h13-14H,4-12H2,1-3H3. The zero-order valence-corrected chi connectivity index (χ0v) is 11.0. The second-order valence-corrected chi connectivity index (χ2v) is 5.43. The van der Waals surface area contributed by atoms with Crippen molar-refractivity contribution in [3.05, 3.63) is 0 Å². The SMILES string of the molecule is CCCN(CCC)CC1CCC(C)CC1. The van der Waals surface area contributed by atoms with Gasteiger partial charge in [-0.1, -0.05) is 33.6 Å². The van der Waals surface area contributed by atoms with Crippen LogP contribution in [-0.2, 0) is 0 Å². The first kappa shape index (κ1) is 13.0. The van der Waals surface area contributed by atoms with E-state index < -0.39 is 0 Å². The highest BCUT2D eigenvalue weighted by Gasteiger charge is 2.19. The van der Waals surface area contributed by atoms with E-state index in [1.807, 2.05) is 0 Å². The van der Waals surface area contributed by atoms with E-state index in [9.17, 15) is 0 Å². The van der Waals surface area contributed by atoms with Crippen molar-refractivity contribution in [1.82, 2.24) is 4.90 Å². The lowest BCUT2D eigenvalue weighted by atomic mass is 9.83. The lowest BCUT2D eigenvalue weighted by molar-refractivity contribution is 0.184. The van der Waals surface area contributed by atoms with Crippen molar-refractivity contribution in [2.75, 3.05) is 19.6 Å². The van der Waals surface area contributed by atoms with Crippen LogP contribution in [0, 0.1) is 11.8 Å². The van der Waals surface area contributed by atoms with Crippen LogP contribution in [-0.4, -0.2) is 24.5 Å². The van der Waals surface area contributed by atoms with E-state index in [0.717, 1.165) is 11.8 Å². The van der Waals surface area contributed by atoms with Crippen LogP contribution in [0.4, 0.5) is 0 Å². The molecule has 90 valence electrons. The smallest absolute Gasteiger partial charge is 0.000965 e. The molecule has 0 aromatic heterocycles. The molecule has 0 N–H and O–H groups in total. The van der Waals surface area contributed by atoms with Crippen LogP contribution in [0.2, 0.25) is 0 Å². The van der Waals surface area contributed by atoms with Crippen LogP contribution in [0.3, 0.4) is 0 Å². The molecule has 0 aromatic rings. The summed E-state index contributed by atoms with van der Waals surface area (Å²) in [6, 6.07) is 0. The van der Waals surface area contributed by atoms with E-state index in [1.165, 1.54) is 58.2 Å². The molecule has 1 aliphatic carbocycles. The molecule has 0 aliphatic heterocycles. The van der Waals surface area contributed by atoms with E-state index in [2.05, 4.69) is 25.7 Å². The lowest BCUT2D eigenvalue weighted by Gasteiger charge is -2.31. The summed E-state index contributed by atoms with van der Waals surface area (Å²) < 4.78 is 0. The largest absolute Gasteiger partial charge is 0.303 e. The Hall–Kier alpha value is -0.0400. The van der Waals surface area contributed by atoms with Gasteiger partial charge in [0.05, 0.1) is 0 Å². The molecule has 0 heterocycles. The van der Waals surface area contributed by atoms with Crippen molar-refractivity contribution < 1.29 is 0 Å². The van der Waals surface area contributed by atoms with Crippen LogP contribution in [0.5, 0.6) is 0 Å². The Morgan fingerprint density at radius 3 is 1.93 bits per heavy atom. The number of rotatable bonds is 6. The Bertz CT molecular complexity index is 141. The molecule has 1 nitrogen and oxygen atoms in total. The minimum Gasteiger partial charge on any atom is -0.303 e. The zero-order valence-electron chi connectivity index (χ0n) is 11.0. The predicted octanol–water partition coefficient (Wildman–Crippen LogP) is 3.93. The van der Waals surface area contributed by atoms with E-state index in [1.54, 1.807) is 0 Å². The summed E-state index contributed by atoms with van der Waals surface area (Å²) >= 11 is 0. The topological polar surface area (TPSA) is 3.24 Å². The van der Waals surface area contributed by atoms with Crippen LogP contribution in [0.15, 0.2) is 0 Å². The minimum atomic E-state index is 0.993. The molecule has 1 fully saturated rings. The van der Waals surface area contributed by atoms with Crippen molar-refractivity contribution in [3.63, 3.8) is 0 Å². The molecule has 1 rings (SSSR count). The maximum absolute atomic E-state index is 2.68. The molecule has 1 heteroatoms. The van der Waals surface area contributed by atoms with Crippen LogP contribution < -0.4 is 0 Å². The maximum Gasteiger partial charge on any atom is 0.000965 e. The molecular weight excluding hydrogens is 182 g/mol. The van der Waals surface area contributed by atoms with Crippen LogP contribution >= 0.6 is 0 Å². The first-order valence-corrected chi connectivity index (χ1v) is 6.98. The third-order valence-electron chi connectivity index (χ3n) is 3.73. The molecule has 0 bridgehead atoms. The third kappa shape index (κ3) is 5.01. The Morgan fingerprint density at radius 2 is 1.47 bits per heavy atom. The van der Waals surface area contributed by atoms with Gasteiger partial charge in [0.15, 0.2) is 0 Å². The average molecular weight is 211 g/mol. The van der Waals surface area contributed by atoms with Gasteiger partial charge in [-0.15, -0.1) is 0 Å². The van der Waals surface area contributed by atoms with Gasteiger partial charge in [-0.05, 0) is 50.6 Å². The summed E-state index contributed by atoms with van der Waals surface area (Å²) in [4.78, 5) is 2.68. The quantitative estimate of drug-likeness (QED) is 0.643. The second-order valence-electron chi connectivity index (χ2n) is 5.43. The van der Waals surface area contributed by atoms with Gasteiger partial charge in [0.25, 0.3) is 0 Å². The Balaban J connectivity index is 2.24. The lowest BCUT2D eigenvalue weighted by Crippen LogP contribution is -2.32. The molecule has 1 aliphatic rings. The van der Waals surface area contributed by atoms with Crippen LogP contribution in [0.1, 0.15) is 59.3 Å². The third-order valence-corrected chi connectivity index (χ3v) is 3.73. The van der Waals surface area contributed by atoms with Gasteiger partial charge < -0.3 is 4.90 Å². The summed E-state index contributed by atoms with van der Waals surface area (Å²) in [6.45, 7) is 11.0. The van der Waals surface area contributed by atoms with Crippen molar-refractivity contribution >= 4 is 0 Å². The first-order valence-electron chi connectivity index (χ1n) is 6.98. The molecule has 15 heavy (non-hydrogen) atoms. The second kappa shape index (κ2) is 7.27. The molecular formula is C14H29N. The van der Waals surface area contributed by atoms with Gasteiger partial charge >= 0.3 is 0 Å². The summed E-state index contributed by atoms with van der Waals surface area (Å²) in [5, 5.41) is 0. The van der Waals surface area contributed by atoms with Crippen LogP contribution in [0.25, 0.3) is 0 Å². The molecule has 0 spiro atoms. The summed E-state index contributed by atoms with van der Waals surface area (Å²) in [7, 11) is 0. The highest BCUT2D eigenvalue weighted by Crippen LogP contribution is 2.28.